The summed E-state index contributed by atoms with van der Waals surface area (Å²) in [5, 5.41) is 0. The monoisotopic (exact) mass is 628 g/mol. The van der Waals surface area contributed by atoms with Crippen LogP contribution in [0, 0.1) is 0 Å². The van der Waals surface area contributed by atoms with E-state index in [9.17, 15) is 0 Å². The van der Waals surface area contributed by atoms with Crippen molar-refractivity contribution in [2.24, 2.45) is 0 Å². The van der Waals surface area contributed by atoms with Crippen LogP contribution in [0.4, 0.5) is 0 Å². The molecule has 26 heavy (non-hydrogen) atoms. The molecule has 6 heteroatoms. The number of allylic oxidation sites excluding steroid dienone is 16. The van der Waals surface area contributed by atoms with Crippen molar-refractivity contribution in [3.05, 3.63) is 87.3 Å². The first-order valence-corrected chi connectivity index (χ1v) is 13.0. The molecule has 136 valence electrons. The maximum absolute atomic E-state index is 2.32. The Morgan fingerprint density at radius 2 is 0.923 bits per heavy atom. The van der Waals surface area contributed by atoms with Gasteiger partial charge in [-0.1, -0.05) is 0 Å². The maximum atomic E-state index is 2.32. The summed E-state index contributed by atoms with van der Waals surface area (Å²) in [5.41, 5.74) is 0. The molecule has 0 aromatic carbocycles. The molecule has 0 nitrogen and oxygen atoms in total. The molecule has 0 aromatic rings. The molecule has 4 aliphatic carbocycles. The molecule has 0 atom stereocenters. The van der Waals surface area contributed by atoms with E-state index in [0.717, 1.165) is 0 Å². The standard InChI is InChI=1S/4C5H5.4ClH.Hf.Ti/c4*1-2-4-5-3-1;;;;;;/h4*1-3H,4H2;4*1H;;/q;;;;;;;;2*+2/p-4. The van der Waals surface area contributed by atoms with E-state index in [1.165, 1.54) is 25.7 Å². The number of rotatable bonds is 4. The quantitative estimate of drug-likeness (QED) is 0.272. The molecular weight excluding hydrogens is 608 g/mol. The Labute approximate surface area is 202 Å². The van der Waals surface area contributed by atoms with Crippen LogP contribution in [0.1, 0.15) is 25.7 Å². The van der Waals surface area contributed by atoms with Gasteiger partial charge in [0.1, 0.15) is 0 Å². The molecule has 4 aliphatic rings. The molecule has 0 bridgehead atoms. The molecular formula is C20H20Cl4HfTi. The SMILES string of the molecule is C1=CC[C]([Hf+2][C]2=CC=CC2)=C1.C1=CC[C]([Ti+2][C]2=CC=CC2)=C1.[Cl-].[Cl-].[Cl-].[Cl-]. The van der Waals surface area contributed by atoms with Crippen molar-refractivity contribution in [3.8, 4) is 0 Å². The van der Waals surface area contributed by atoms with Crippen LogP contribution in [0.2, 0.25) is 0 Å². The van der Waals surface area contributed by atoms with Crippen LogP contribution >= 0.6 is 0 Å². The Hall–Kier alpha value is 0.664. The van der Waals surface area contributed by atoms with Gasteiger partial charge in [-0.25, -0.2) is 0 Å². The summed E-state index contributed by atoms with van der Waals surface area (Å²) in [5.74, 6) is 0. The first-order valence-electron chi connectivity index (χ1n) is 7.87. The van der Waals surface area contributed by atoms with Crippen LogP contribution in [-0.2, 0) is 42.1 Å². The molecule has 0 amide bonds. The van der Waals surface area contributed by atoms with Gasteiger partial charge < -0.3 is 49.6 Å². The largest absolute Gasteiger partial charge is 1.00 e. The minimum Gasteiger partial charge on any atom is -1.00 e. The molecule has 0 aliphatic heterocycles. The van der Waals surface area contributed by atoms with Gasteiger partial charge in [-0.15, -0.1) is 0 Å². The third kappa shape index (κ3) is 10.3. The fraction of sp³-hybridized carbons (Fsp3) is 0.200. The van der Waals surface area contributed by atoms with Crippen molar-refractivity contribution in [1.29, 1.82) is 0 Å². The third-order valence-corrected chi connectivity index (χ3v) is 10.9. The van der Waals surface area contributed by atoms with Crippen LogP contribution in [0.3, 0.4) is 0 Å². The predicted octanol–water partition coefficient (Wildman–Crippen LogP) is -6.47. The van der Waals surface area contributed by atoms with Crippen molar-refractivity contribution in [2.45, 2.75) is 25.7 Å². The van der Waals surface area contributed by atoms with E-state index in [1.807, 2.05) is 0 Å². The van der Waals surface area contributed by atoms with E-state index in [2.05, 4.69) is 72.9 Å². The fourth-order valence-corrected chi connectivity index (χ4v) is 8.82. The Morgan fingerprint density at radius 3 is 1.23 bits per heavy atom. The van der Waals surface area contributed by atoms with Gasteiger partial charge >= 0.3 is 155 Å². The minimum absolute atomic E-state index is 0. The predicted molar refractivity (Wildman–Crippen MR) is 87.4 cm³/mol. The smallest absolute Gasteiger partial charge is 1.00 e. The molecule has 0 fully saturated rings. The Bertz CT molecular complexity index is 553. The van der Waals surface area contributed by atoms with Gasteiger partial charge in [0.05, 0.1) is 0 Å². The van der Waals surface area contributed by atoms with Gasteiger partial charge in [0.25, 0.3) is 0 Å². The Morgan fingerprint density at radius 1 is 0.538 bits per heavy atom. The molecule has 0 aromatic heterocycles. The molecule has 0 heterocycles. The summed E-state index contributed by atoms with van der Waals surface area (Å²) >= 11 is -0.443. The van der Waals surface area contributed by atoms with Crippen molar-refractivity contribution in [2.75, 3.05) is 0 Å². The molecule has 0 saturated heterocycles. The molecule has 0 radical (unpaired) electrons. The summed E-state index contributed by atoms with van der Waals surface area (Å²) in [6, 6.07) is 0. The summed E-state index contributed by atoms with van der Waals surface area (Å²) in [7, 11) is 0. The average molecular weight is 629 g/mol. The topological polar surface area (TPSA) is 0 Å². The number of hydrogen-bond donors (Lipinski definition) is 0. The van der Waals surface area contributed by atoms with E-state index in [4.69, 9.17) is 0 Å². The molecule has 4 rings (SSSR count). The van der Waals surface area contributed by atoms with Gasteiger partial charge in [0.15, 0.2) is 0 Å². The van der Waals surface area contributed by atoms with Crippen molar-refractivity contribution in [1.82, 2.24) is 0 Å². The van der Waals surface area contributed by atoms with Crippen molar-refractivity contribution < 1.29 is 91.7 Å². The van der Waals surface area contributed by atoms with Crippen LogP contribution in [0.5, 0.6) is 0 Å². The van der Waals surface area contributed by atoms with Crippen LogP contribution in [-0.4, -0.2) is 0 Å². The van der Waals surface area contributed by atoms with E-state index in [1.54, 1.807) is 14.4 Å². The minimum atomic E-state index is -0.526. The fourth-order valence-electron chi connectivity index (χ4n) is 2.57. The van der Waals surface area contributed by atoms with Crippen LogP contribution in [0.15, 0.2) is 87.3 Å². The second kappa shape index (κ2) is 16.6. The number of halogens is 4. The van der Waals surface area contributed by atoms with Crippen LogP contribution in [0.25, 0.3) is 0 Å². The van der Waals surface area contributed by atoms with E-state index >= 15 is 0 Å². The zero-order valence-electron chi connectivity index (χ0n) is 14.3. The van der Waals surface area contributed by atoms with Gasteiger partial charge in [0, 0.05) is 0 Å². The second-order valence-electron chi connectivity index (χ2n) is 5.55. The summed E-state index contributed by atoms with van der Waals surface area (Å²) < 4.78 is 6.86. The van der Waals surface area contributed by atoms with E-state index < -0.39 is 22.9 Å². The maximum Gasteiger partial charge on any atom is -1.00 e. The molecule has 0 saturated carbocycles. The summed E-state index contributed by atoms with van der Waals surface area (Å²) in [6.45, 7) is 0. The van der Waals surface area contributed by atoms with Gasteiger partial charge in [-0.3, -0.25) is 0 Å². The van der Waals surface area contributed by atoms with E-state index in [0.29, 0.717) is 0 Å². The third-order valence-electron chi connectivity index (χ3n) is 3.73. The van der Waals surface area contributed by atoms with Gasteiger partial charge in [-0.05, 0) is 0 Å². The average Bonchev–Trinajstić information content (AvgIpc) is 3.31. The zero-order chi connectivity index (χ0) is 15.0. The Kier molecular flexibility index (Phi) is 18.4. The van der Waals surface area contributed by atoms with Gasteiger partial charge in [0.2, 0.25) is 0 Å². The van der Waals surface area contributed by atoms with Crippen molar-refractivity contribution >= 4 is 0 Å². The normalized spacial score (nSPS) is 16.9. The van der Waals surface area contributed by atoms with Crippen molar-refractivity contribution in [3.63, 3.8) is 0 Å². The first-order chi connectivity index (χ1) is 10.9. The van der Waals surface area contributed by atoms with E-state index in [-0.39, 0.29) is 68.8 Å². The zero-order valence-corrected chi connectivity index (χ0v) is 22.4. The first kappa shape index (κ1) is 28.9. The second-order valence-corrected chi connectivity index (χ2v) is 13.5. The summed E-state index contributed by atoms with van der Waals surface area (Å²) in [6.07, 6.45) is 32.0. The Balaban J connectivity index is 0. The molecule has 0 unspecified atom stereocenters. The summed E-state index contributed by atoms with van der Waals surface area (Å²) in [4.78, 5) is 0. The number of hydrogen-bond acceptors (Lipinski definition) is 0. The molecule has 0 N–H and O–H groups in total. The molecule has 0 spiro atoms. The van der Waals surface area contributed by atoms with Gasteiger partial charge in [-0.2, -0.15) is 0 Å². The van der Waals surface area contributed by atoms with Crippen LogP contribution < -0.4 is 49.6 Å².